The lowest BCUT2D eigenvalue weighted by Gasteiger charge is -2.42. The molecule has 5 heterocycles. The molecule has 3 aliphatic heterocycles. The summed E-state index contributed by atoms with van der Waals surface area (Å²) in [4.78, 5) is 46.2. The number of nitrogens with two attached hydrogens (primary N) is 1. The minimum Gasteiger partial charge on any atom is -0.503 e. The Morgan fingerprint density at radius 3 is 2.62 bits per heavy atom. The molecule has 210 valence electrons. The predicted molar refractivity (Wildman–Crippen MR) is 129 cm³/mol. The second-order valence-electron chi connectivity index (χ2n) is 10.3. The number of benzene rings is 1. The van der Waals surface area contributed by atoms with Gasteiger partial charge in [0.25, 0.3) is 11.8 Å². The van der Waals surface area contributed by atoms with Crippen LogP contribution in [0.25, 0.3) is 0 Å². The Balaban J connectivity index is 1.50. The molecule has 1 aromatic carbocycles. The lowest BCUT2D eigenvalue weighted by molar-refractivity contribution is -0.236. The van der Waals surface area contributed by atoms with Gasteiger partial charge in [-0.15, -0.1) is 5.10 Å². The van der Waals surface area contributed by atoms with Crippen molar-refractivity contribution in [1.82, 2.24) is 29.5 Å². The average Bonchev–Trinajstić information content (AvgIpc) is 3.52. The van der Waals surface area contributed by atoms with E-state index in [9.17, 15) is 32.7 Å². The number of nitrogens with zero attached hydrogens (tertiary/aromatic N) is 6. The van der Waals surface area contributed by atoms with Crippen LogP contribution in [-0.4, -0.2) is 64.6 Å². The van der Waals surface area contributed by atoms with E-state index in [1.165, 1.54) is 25.4 Å². The first-order valence-corrected chi connectivity index (χ1v) is 12.5. The van der Waals surface area contributed by atoms with Gasteiger partial charge < -0.3 is 20.3 Å². The van der Waals surface area contributed by atoms with Crippen LogP contribution >= 0.6 is 0 Å². The van der Waals surface area contributed by atoms with Crippen molar-refractivity contribution in [2.24, 2.45) is 5.73 Å². The summed E-state index contributed by atoms with van der Waals surface area (Å²) in [5, 5.41) is 20.0. The molecule has 3 N–H and O–H groups in total. The molecular formula is C25H24F3N7O5. The summed E-state index contributed by atoms with van der Waals surface area (Å²) < 4.78 is 45.8. The van der Waals surface area contributed by atoms with E-state index in [4.69, 9.17) is 10.6 Å². The normalized spacial score (nSPS) is 26.2. The van der Waals surface area contributed by atoms with Crippen molar-refractivity contribution in [1.29, 1.82) is 0 Å². The minimum absolute atomic E-state index is 0.0880. The van der Waals surface area contributed by atoms with Crippen LogP contribution in [0.15, 0.2) is 35.5 Å². The van der Waals surface area contributed by atoms with Gasteiger partial charge in [-0.25, -0.2) is 17.9 Å². The Kier molecular flexibility index (Phi) is 5.96. The SMILES string of the molecule is C[C@H]1CC[C@]2(CC(n3ccnn3)N(Cc3c(F)cc(F)cc3F)O2)[C@H]2CN1C(=O)c1c(O)c(=O)c(C(N)=O)cn12. The highest BCUT2D eigenvalue weighted by Gasteiger charge is 2.57. The molecular weight excluding hydrogens is 535 g/mol. The summed E-state index contributed by atoms with van der Waals surface area (Å²) in [6.07, 6.45) is 4.35. The molecule has 1 spiro atoms. The third-order valence-electron chi connectivity index (χ3n) is 8.10. The Morgan fingerprint density at radius 2 is 1.98 bits per heavy atom. The van der Waals surface area contributed by atoms with Crippen molar-refractivity contribution in [2.45, 2.75) is 56.6 Å². The maximum Gasteiger partial charge on any atom is 0.274 e. The van der Waals surface area contributed by atoms with Crippen molar-refractivity contribution in [2.75, 3.05) is 6.54 Å². The lowest BCUT2D eigenvalue weighted by atomic mass is 9.84. The van der Waals surface area contributed by atoms with Crippen LogP contribution < -0.4 is 11.2 Å². The highest BCUT2D eigenvalue weighted by molar-refractivity contribution is 5.99. The Labute approximate surface area is 224 Å². The first-order valence-electron chi connectivity index (χ1n) is 12.5. The third kappa shape index (κ3) is 3.87. The first-order chi connectivity index (χ1) is 19.0. The van der Waals surface area contributed by atoms with E-state index in [1.54, 1.807) is 6.20 Å². The number of hydrogen-bond donors (Lipinski definition) is 2. The fraction of sp³-hybridized carbons (Fsp3) is 0.400. The lowest BCUT2D eigenvalue weighted by Crippen LogP contribution is -2.52. The van der Waals surface area contributed by atoms with Gasteiger partial charge in [0, 0.05) is 49.1 Å². The number of hydrogen-bond acceptors (Lipinski definition) is 8. The van der Waals surface area contributed by atoms with Gasteiger partial charge >= 0.3 is 0 Å². The summed E-state index contributed by atoms with van der Waals surface area (Å²) in [5.41, 5.74) is 1.92. The monoisotopic (exact) mass is 559 g/mol. The molecule has 4 atom stereocenters. The van der Waals surface area contributed by atoms with Gasteiger partial charge in [0.2, 0.25) is 5.43 Å². The zero-order valence-electron chi connectivity index (χ0n) is 21.1. The summed E-state index contributed by atoms with van der Waals surface area (Å²) in [6, 6.07) is 0.0810. The van der Waals surface area contributed by atoms with Gasteiger partial charge in [0.15, 0.2) is 11.4 Å². The molecule has 0 saturated carbocycles. The molecule has 3 aromatic rings. The molecule has 2 aromatic heterocycles. The van der Waals surface area contributed by atoms with Crippen molar-refractivity contribution < 1.29 is 32.7 Å². The fourth-order valence-electron chi connectivity index (χ4n) is 6.03. The number of rotatable bonds is 4. The summed E-state index contributed by atoms with van der Waals surface area (Å²) >= 11 is 0. The second kappa shape index (κ2) is 9.16. The van der Waals surface area contributed by atoms with E-state index in [0.29, 0.717) is 25.0 Å². The number of aromatic nitrogens is 4. The smallest absolute Gasteiger partial charge is 0.274 e. The van der Waals surface area contributed by atoms with E-state index >= 15 is 0 Å². The Morgan fingerprint density at radius 1 is 1.25 bits per heavy atom. The van der Waals surface area contributed by atoms with Crippen LogP contribution in [-0.2, 0) is 11.4 Å². The van der Waals surface area contributed by atoms with Crippen molar-refractivity contribution in [3.63, 3.8) is 0 Å². The quantitative estimate of drug-likeness (QED) is 0.490. The first kappa shape index (κ1) is 26.0. The maximum absolute atomic E-state index is 14.7. The highest BCUT2D eigenvalue weighted by atomic mass is 19.1. The molecule has 12 nitrogen and oxygen atoms in total. The Hall–Kier alpha value is -4.24. The number of primary amides is 1. The minimum atomic E-state index is -1.17. The van der Waals surface area contributed by atoms with Crippen LogP contribution in [0.4, 0.5) is 13.2 Å². The van der Waals surface area contributed by atoms with Crippen LogP contribution in [0.3, 0.4) is 0 Å². The standard InChI is InChI=1S/C25H24F3N7O5/c1-12-2-3-25(18-11-32(12)24(39)20-22(37)21(36)15(23(29)38)9-33(18)20)8-19(34-5-4-30-31-34)35(40-25)10-14-16(27)6-13(26)7-17(14)28/h4-7,9,12,18-19,37H,2-3,8,10-11H2,1H3,(H2,29,38)/t12-,18+,19?,25-/m0/s1. The van der Waals surface area contributed by atoms with Gasteiger partial charge in [-0.2, -0.15) is 5.06 Å². The summed E-state index contributed by atoms with van der Waals surface area (Å²) in [5.74, 6) is -5.84. The van der Waals surface area contributed by atoms with Crippen molar-refractivity contribution >= 4 is 11.8 Å². The number of aromatic hydroxyl groups is 1. The fourth-order valence-corrected chi connectivity index (χ4v) is 6.03. The van der Waals surface area contributed by atoms with Crippen LogP contribution in [0, 0.1) is 17.5 Å². The van der Waals surface area contributed by atoms with E-state index in [2.05, 4.69) is 10.3 Å². The predicted octanol–water partition coefficient (Wildman–Crippen LogP) is 1.62. The second-order valence-corrected chi connectivity index (χ2v) is 10.3. The molecule has 6 rings (SSSR count). The van der Waals surface area contributed by atoms with Gasteiger partial charge in [0.05, 0.1) is 18.8 Å². The number of hydroxylamine groups is 2. The number of carbonyl (C=O) groups is 2. The van der Waals surface area contributed by atoms with E-state index in [1.807, 2.05) is 6.92 Å². The topological polar surface area (TPSA) is 149 Å². The van der Waals surface area contributed by atoms with Crippen molar-refractivity contribution in [3.05, 3.63) is 75.2 Å². The van der Waals surface area contributed by atoms with Gasteiger partial charge in [0.1, 0.15) is 34.8 Å². The van der Waals surface area contributed by atoms with Gasteiger partial charge in [-0.1, -0.05) is 5.21 Å². The van der Waals surface area contributed by atoms with Crippen LogP contribution in [0.1, 0.15) is 64.8 Å². The Bertz CT molecular complexity index is 1570. The molecule has 15 heteroatoms. The number of pyridine rings is 1. The molecule has 2 fully saturated rings. The molecule has 2 bridgehead atoms. The van der Waals surface area contributed by atoms with E-state index in [-0.39, 0.29) is 24.7 Å². The average molecular weight is 560 g/mol. The molecule has 2 saturated heterocycles. The molecule has 3 aliphatic rings. The van der Waals surface area contributed by atoms with Gasteiger partial charge in [-0.3, -0.25) is 19.2 Å². The highest BCUT2D eigenvalue weighted by Crippen LogP contribution is 2.51. The number of amides is 2. The zero-order valence-corrected chi connectivity index (χ0v) is 21.1. The molecule has 0 aliphatic carbocycles. The van der Waals surface area contributed by atoms with Crippen molar-refractivity contribution in [3.8, 4) is 5.75 Å². The summed E-state index contributed by atoms with van der Waals surface area (Å²) in [6.45, 7) is 1.48. The molecule has 1 unspecified atom stereocenters. The number of carbonyl (C=O) groups excluding carboxylic acids is 2. The van der Waals surface area contributed by atoms with Crippen LogP contribution in [0.2, 0.25) is 0 Å². The largest absolute Gasteiger partial charge is 0.503 e. The summed E-state index contributed by atoms with van der Waals surface area (Å²) in [7, 11) is 0. The third-order valence-corrected chi connectivity index (χ3v) is 8.10. The maximum atomic E-state index is 14.7. The molecule has 40 heavy (non-hydrogen) atoms. The van der Waals surface area contributed by atoms with E-state index < -0.39 is 75.9 Å². The zero-order chi connectivity index (χ0) is 28.5. The van der Waals surface area contributed by atoms with E-state index in [0.717, 1.165) is 6.20 Å². The van der Waals surface area contributed by atoms with Gasteiger partial charge in [-0.05, 0) is 19.8 Å². The van der Waals surface area contributed by atoms with Crippen LogP contribution in [0.5, 0.6) is 5.75 Å². The number of halogens is 3. The molecule has 0 radical (unpaired) electrons. The molecule has 2 amide bonds. The number of fused-ring (bicyclic) bond motifs is 5.